The van der Waals surface area contributed by atoms with Crippen LogP contribution in [0, 0.1) is 12.7 Å². The second-order valence-corrected chi connectivity index (χ2v) is 9.70. The summed E-state index contributed by atoms with van der Waals surface area (Å²) in [6.07, 6.45) is 0. The van der Waals surface area contributed by atoms with Gasteiger partial charge in [-0.15, -0.1) is 11.3 Å². The van der Waals surface area contributed by atoms with Gasteiger partial charge in [0.15, 0.2) is 0 Å². The molecule has 1 fully saturated rings. The zero-order valence-electron chi connectivity index (χ0n) is 19.2. The van der Waals surface area contributed by atoms with E-state index in [1.807, 2.05) is 41.5 Å². The van der Waals surface area contributed by atoms with Gasteiger partial charge in [0.2, 0.25) is 0 Å². The predicted octanol–water partition coefficient (Wildman–Crippen LogP) is 5.19. The first-order valence-electron chi connectivity index (χ1n) is 11.4. The molecular formula is C27H26FN3O2S. The van der Waals surface area contributed by atoms with Crippen molar-refractivity contribution in [2.75, 3.05) is 19.6 Å². The number of benzene rings is 2. The van der Waals surface area contributed by atoms with Crippen molar-refractivity contribution in [2.24, 2.45) is 0 Å². The van der Waals surface area contributed by atoms with Crippen LogP contribution in [0.15, 0.2) is 66.0 Å². The highest BCUT2D eigenvalue weighted by Crippen LogP contribution is 2.28. The molecule has 3 heterocycles. The van der Waals surface area contributed by atoms with Gasteiger partial charge in [-0.25, -0.2) is 4.39 Å². The van der Waals surface area contributed by atoms with Crippen molar-refractivity contribution in [3.8, 4) is 0 Å². The number of aromatic nitrogens is 1. The van der Waals surface area contributed by atoms with Crippen molar-refractivity contribution in [1.29, 1.82) is 0 Å². The largest absolute Gasteiger partial charge is 0.334 e. The first kappa shape index (κ1) is 22.3. The summed E-state index contributed by atoms with van der Waals surface area (Å²) in [5.41, 5.74) is 3.09. The molecule has 1 saturated heterocycles. The molecule has 1 aliphatic rings. The van der Waals surface area contributed by atoms with Gasteiger partial charge in [-0.05, 0) is 54.6 Å². The lowest BCUT2D eigenvalue weighted by molar-refractivity contribution is 0.0407. The Balaban J connectivity index is 1.38. The van der Waals surface area contributed by atoms with Crippen molar-refractivity contribution in [2.45, 2.75) is 26.4 Å². The zero-order chi connectivity index (χ0) is 23.8. The molecular weight excluding hydrogens is 449 g/mol. The van der Waals surface area contributed by atoms with Crippen LogP contribution in [0.2, 0.25) is 0 Å². The molecule has 7 heteroatoms. The van der Waals surface area contributed by atoms with Gasteiger partial charge in [0, 0.05) is 37.6 Å². The third-order valence-corrected chi connectivity index (χ3v) is 7.54. The van der Waals surface area contributed by atoms with Crippen LogP contribution in [0.3, 0.4) is 0 Å². The quantitative estimate of drug-likeness (QED) is 0.408. The molecule has 174 valence electrons. The molecule has 0 aliphatic carbocycles. The van der Waals surface area contributed by atoms with Gasteiger partial charge in [0.1, 0.15) is 16.3 Å². The van der Waals surface area contributed by atoms with Crippen LogP contribution < -0.4 is 0 Å². The van der Waals surface area contributed by atoms with E-state index in [9.17, 15) is 14.0 Å². The molecule has 2 aromatic carbocycles. The standard InChI is InChI=1S/C27H26FN3O2S/c1-18-7-3-4-8-21(18)17-31-24(15-20-11-14-34-27(20)31)26(33)29-12-13-30(19(2)16-29)25(32)22-9-5-6-10-23(22)28/h3-11,14-15,19H,12-13,16-17H2,1-2H3/t19-/m1/s1. The SMILES string of the molecule is Cc1ccccc1Cn1c(C(=O)N2CCN(C(=O)c3ccccc3F)[C@H](C)C2)cc2ccsc21. The third-order valence-electron chi connectivity index (χ3n) is 6.59. The molecule has 0 N–H and O–H groups in total. The summed E-state index contributed by atoms with van der Waals surface area (Å²) < 4.78 is 16.3. The number of carbonyl (C=O) groups excluding carboxylic acids is 2. The van der Waals surface area contributed by atoms with Crippen LogP contribution in [0.5, 0.6) is 0 Å². The summed E-state index contributed by atoms with van der Waals surface area (Å²) in [5, 5.41) is 3.10. The summed E-state index contributed by atoms with van der Waals surface area (Å²) in [6, 6.07) is 18.0. The smallest absolute Gasteiger partial charge is 0.270 e. The molecule has 5 nitrogen and oxygen atoms in total. The third kappa shape index (κ3) is 4.01. The molecule has 34 heavy (non-hydrogen) atoms. The van der Waals surface area contributed by atoms with Crippen molar-refractivity contribution in [1.82, 2.24) is 14.4 Å². The monoisotopic (exact) mass is 475 g/mol. The summed E-state index contributed by atoms with van der Waals surface area (Å²) in [7, 11) is 0. The van der Waals surface area contributed by atoms with Crippen LogP contribution >= 0.6 is 11.3 Å². The highest BCUT2D eigenvalue weighted by Gasteiger charge is 2.33. The van der Waals surface area contributed by atoms with E-state index in [-0.39, 0.29) is 23.4 Å². The Hall–Kier alpha value is -3.45. The van der Waals surface area contributed by atoms with Crippen molar-refractivity contribution >= 4 is 33.4 Å². The average molecular weight is 476 g/mol. The second-order valence-electron chi connectivity index (χ2n) is 8.80. The molecule has 0 saturated carbocycles. The Morgan fingerprint density at radius 2 is 1.79 bits per heavy atom. The first-order valence-corrected chi connectivity index (χ1v) is 12.3. The highest BCUT2D eigenvalue weighted by molar-refractivity contribution is 7.16. The fraction of sp³-hybridized carbons (Fsp3) is 0.259. The lowest BCUT2D eigenvalue weighted by Crippen LogP contribution is -2.55. The second kappa shape index (κ2) is 9.06. The Bertz CT molecular complexity index is 1380. The minimum absolute atomic E-state index is 0.0400. The van der Waals surface area contributed by atoms with Crippen LogP contribution in [0.4, 0.5) is 4.39 Å². The minimum atomic E-state index is -0.521. The van der Waals surface area contributed by atoms with Gasteiger partial charge in [0.25, 0.3) is 11.8 Å². The summed E-state index contributed by atoms with van der Waals surface area (Å²) >= 11 is 1.63. The minimum Gasteiger partial charge on any atom is -0.334 e. The van der Waals surface area contributed by atoms with Gasteiger partial charge in [-0.2, -0.15) is 0 Å². The fourth-order valence-electron chi connectivity index (χ4n) is 4.66. The Morgan fingerprint density at radius 3 is 2.56 bits per heavy atom. The molecule has 4 aromatic rings. The summed E-state index contributed by atoms with van der Waals surface area (Å²) in [4.78, 5) is 31.1. The lowest BCUT2D eigenvalue weighted by Gasteiger charge is -2.40. The van der Waals surface area contributed by atoms with Gasteiger partial charge >= 0.3 is 0 Å². The van der Waals surface area contributed by atoms with Gasteiger partial charge < -0.3 is 14.4 Å². The summed E-state index contributed by atoms with van der Waals surface area (Å²) in [5.74, 6) is -0.893. The van der Waals surface area contributed by atoms with E-state index in [4.69, 9.17) is 0 Å². The molecule has 0 unspecified atom stereocenters. The van der Waals surface area contributed by atoms with E-state index < -0.39 is 5.82 Å². The van der Waals surface area contributed by atoms with Crippen molar-refractivity contribution in [3.63, 3.8) is 0 Å². The molecule has 5 rings (SSSR count). The molecule has 0 radical (unpaired) electrons. The zero-order valence-corrected chi connectivity index (χ0v) is 20.0. The average Bonchev–Trinajstić information content (AvgIpc) is 3.42. The van der Waals surface area contributed by atoms with Crippen molar-refractivity contribution in [3.05, 3.63) is 94.2 Å². The van der Waals surface area contributed by atoms with Gasteiger partial charge in [-0.3, -0.25) is 9.59 Å². The Kier molecular flexibility index (Phi) is 5.96. The van der Waals surface area contributed by atoms with E-state index in [2.05, 4.69) is 23.6 Å². The number of hydrogen-bond acceptors (Lipinski definition) is 3. The first-order chi connectivity index (χ1) is 16.4. The van der Waals surface area contributed by atoms with E-state index in [0.717, 1.165) is 10.2 Å². The van der Waals surface area contributed by atoms with Crippen LogP contribution in [-0.4, -0.2) is 51.9 Å². The number of fused-ring (bicyclic) bond motifs is 1. The summed E-state index contributed by atoms with van der Waals surface area (Å²) in [6.45, 7) is 5.79. The number of halogens is 1. The predicted molar refractivity (Wildman–Crippen MR) is 133 cm³/mol. The molecule has 0 spiro atoms. The maximum absolute atomic E-state index is 14.2. The van der Waals surface area contributed by atoms with Gasteiger partial charge in [-0.1, -0.05) is 36.4 Å². The fourth-order valence-corrected chi connectivity index (χ4v) is 5.56. The maximum Gasteiger partial charge on any atom is 0.270 e. The molecule has 1 atom stereocenters. The van der Waals surface area contributed by atoms with Crippen LogP contribution in [-0.2, 0) is 6.54 Å². The Labute approximate surface area is 202 Å². The number of nitrogens with zero attached hydrogens (tertiary/aromatic N) is 3. The van der Waals surface area contributed by atoms with E-state index >= 15 is 0 Å². The number of carbonyl (C=O) groups is 2. The number of piperazine rings is 1. The van der Waals surface area contributed by atoms with Crippen molar-refractivity contribution < 1.29 is 14.0 Å². The number of hydrogen-bond donors (Lipinski definition) is 0. The highest BCUT2D eigenvalue weighted by atomic mass is 32.1. The number of aryl methyl sites for hydroxylation is 1. The van der Waals surface area contributed by atoms with Crippen LogP contribution in [0.1, 0.15) is 38.9 Å². The normalized spacial score (nSPS) is 16.3. The molecule has 2 amide bonds. The number of rotatable bonds is 4. The molecule has 1 aliphatic heterocycles. The van der Waals surface area contributed by atoms with Gasteiger partial charge in [0.05, 0.1) is 5.56 Å². The number of amides is 2. The molecule has 0 bridgehead atoms. The van der Waals surface area contributed by atoms with E-state index in [0.29, 0.717) is 31.9 Å². The molecule has 2 aromatic heterocycles. The Morgan fingerprint density at radius 1 is 1.03 bits per heavy atom. The lowest BCUT2D eigenvalue weighted by atomic mass is 10.1. The number of thiophene rings is 1. The topological polar surface area (TPSA) is 45.6 Å². The van der Waals surface area contributed by atoms with E-state index in [1.54, 1.807) is 28.4 Å². The van der Waals surface area contributed by atoms with E-state index in [1.165, 1.54) is 23.3 Å². The van der Waals surface area contributed by atoms with Crippen LogP contribution in [0.25, 0.3) is 10.2 Å². The maximum atomic E-state index is 14.2.